The van der Waals surface area contributed by atoms with Crippen molar-refractivity contribution in [2.45, 2.75) is 52.6 Å². The molecule has 0 bridgehead atoms. The molecule has 33 heavy (non-hydrogen) atoms. The van der Waals surface area contributed by atoms with Gasteiger partial charge in [0.15, 0.2) is 0 Å². The lowest BCUT2D eigenvalue weighted by molar-refractivity contribution is 0.0739. The third kappa shape index (κ3) is 4.20. The van der Waals surface area contributed by atoms with Crippen LogP contribution in [0.15, 0.2) is 41.8 Å². The first-order valence-electron chi connectivity index (χ1n) is 11.4. The highest BCUT2D eigenvalue weighted by atomic mass is 32.1. The fourth-order valence-electron chi connectivity index (χ4n) is 4.70. The van der Waals surface area contributed by atoms with E-state index < -0.39 is 0 Å². The zero-order valence-electron chi connectivity index (χ0n) is 19.1. The highest BCUT2D eigenvalue weighted by molar-refractivity contribution is 7.16. The topological polar surface area (TPSA) is 67.4 Å². The molecular weight excluding hydrogens is 452 g/mol. The Morgan fingerprint density at radius 1 is 1.18 bits per heavy atom. The highest BCUT2D eigenvalue weighted by Crippen LogP contribution is 2.47. The van der Waals surface area contributed by atoms with E-state index in [0.717, 1.165) is 41.8 Å². The van der Waals surface area contributed by atoms with Crippen LogP contribution in [-0.2, 0) is 12.8 Å². The van der Waals surface area contributed by atoms with E-state index in [1.165, 1.54) is 21.8 Å². The molecule has 0 fully saturated rings. The van der Waals surface area contributed by atoms with Crippen molar-refractivity contribution >= 4 is 39.6 Å². The van der Waals surface area contributed by atoms with E-state index in [1.54, 1.807) is 29.5 Å². The molecule has 1 aromatic carbocycles. The summed E-state index contributed by atoms with van der Waals surface area (Å²) in [5, 5.41) is 9.46. The molecule has 2 atom stereocenters. The second-order valence-corrected chi connectivity index (χ2v) is 11.5. The summed E-state index contributed by atoms with van der Waals surface area (Å²) in [4.78, 5) is 27.2. The minimum Gasteiger partial charge on any atom is -0.422 e. The summed E-state index contributed by atoms with van der Waals surface area (Å²) in [7, 11) is 0. The molecule has 0 spiro atoms. The van der Waals surface area contributed by atoms with Crippen molar-refractivity contribution in [2.75, 3.05) is 5.32 Å². The molecular formula is C26H28N2O3S2. The molecule has 0 radical (unpaired) electrons. The average molecular weight is 481 g/mol. The molecule has 5 nitrogen and oxygen atoms in total. The number of hydrogen-bond acceptors (Lipinski definition) is 6. The number of thiophene rings is 2. The van der Waals surface area contributed by atoms with Crippen molar-refractivity contribution in [3.8, 4) is 5.75 Å². The largest absolute Gasteiger partial charge is 0.422 e. The van der Waals surface area contributed by atoms with Gasteiger partial charge in [-0.25, -0.2) is 4.79 Å². The van der Waals surface area contributed by atoms with Crippen LogP contribution < -0.4 is 15.4 Å². The standard InChI is InChI=1S/C26H28N2O3S2/c1-4-26(2,3)16-9-12-18-20(14-16)33-24-21(18)23(29)27-22(28-24)15-7-10-17(11-8-15)31-25(30)19-6-5-13-32-19/h5-8,10-11,13,16,22,28H,4,9,12,14H2,1-3H3,(H,27,29)/t16-,22-/m0/s1. The van der Waals surface area contributed by atoms with Crippen molar-refractivity contribution in [1.29, 1.82) is 0 Å². The molecule has 1 aliphatic heterocycles. The summed E-state index contributed by atoms with van der Waals surface area (Å²) in [6.07, 6.45) is 4.02. The predicted octanol–water partition coefficient (Wildman–Crippen LogP) is 6.42. The Hall–Kier alpha value is -2.64. The molecule has 3 heterocycles. The minimum atomic E-state index is -0.361. The Labute approximate surface area is 202 Å². The maximum atomic E-state index is 13.1. The van der Waals surface area contributed by atoms with E-state index in [9.17, 15) is 9.59 Å². The summed E-state index contributed by atoms with van der Waals surface area (Å²) in [5.74, 6) is 0.766. The van der Waals surface area contributed by atoms with Crippen molar-refractivity contribution in [2.24, 2.45) is 11.3 Å². The monoisotopic (exact) mass is 480 g/mol. The van der Waals surface area contributed by atoms with Gasteiger partial charge in [0.1, 0.15) is 21.8 Å². The first-order valence-corrected chi connectivity index (χ1v) is 13.1. The normalized spacial score (nSPS) is 19.8. The maximum Gasteiger partial charge on any atom is 0.353 e. The number of ether oxygens (including phenoxy) is 1. The molecule has 1 aliphatic carbocycles. The number of rotatable bonds is 5. The molecule has 172 valence electrons. The lowest BCUT2D eigenvalue weighted by atomic mass is 9.69. The summed E-state index contributed by atoms with van der Waals surface area (Å²) < 4.78 is 5.45. The number of anilines is 1. The van der Waals surface area contributed by atoms with Crippen LogP contribution in [0, 0.1) is 11.3 Å². The Morgan fingerprint density at radius 2 is 1.97 bits per heavy atom. The molecule has 2 aromatic heterocycles. The van der Waals surface area contributed by atoms with Crippen LogP contribution >= 0.6 is 22.7 Å². The van der Waals surface area contributed by atoms with Crippen LogP contribution in [0.2, 0.25) is 0 Å². The van der Waals surface area contributed by atoms with Gasteiger partial charge in [0.25, 0.3) is 5.91 Å². The molecule has 7 heteroatoms. The quantitative estimate of drug-likeness (QED) is 0.326. The number of amides is 1. The molecule has 2 aliphatic rings. The average Bonchev–Trinajstić information content (AvgIpc) is 3.47. The van der Waals surface area contributed by atoms with Crippen LogP contribution in [0.25, 0.3) is 0 Å². The lowest BCUT2D eigenvalue weighted by Crippen LogP contribution is -2.38. The van der Waals surface area contributed by atoms with E-state index in [-0.39, 0.29) is 18.0 Å². The fourth-order valence-corrected chi connectivity index (χ4v) is 6.65. The van der Waals surface area contributed by atoms with Crippen molar-refractivity contribution in [3.05, 3.63) is 68.2 Å². The number of carbonyl (C=O) groups excluding carboxylic acids is 2. The summed E-state index contributed by atoms with van der Waals surface area (Å²) in [5.41, 5.74) is 3.30. The third-order valence-electron chi connectivity index (χ3n) is 7.21. The number of carbonyl (C=O) groups is 2. The van der Waals surface area contributed by atoms with Crippen LogP contribution in [0.3, 0.4) is 0 Å². The van der Waals surface area contributed by atoms with Crippen LogP contribution in [-0.4, -0.2) is 11.9 Å². The van der Waals surface area contributed by atoms with Gasteiger partial charge in [0, 0.05) is 4.88 Å². The van der Waals surface area contributed by atoms with Gasteiger partial charge >= 0.3 is 5.97 Å². The van der Waals surface area contributed by atoms with Gasteiger partial charge in [-0.05, 0) is 65.3 Å². The zero-order valence-corrected chi connectivity index (χ0v) is 20.7. The molecule has 3 aromatic rings. The molecule has 5 rings (SSSR count). The number of benzene rings is 1. The van der Waals surface area contributed by atoms with E-state index in [0.29, 0.717) is 22.0 Å². The van der Waals surface area contributed by atoms with E-state index in [2.05, 4.69) is 31.4 Å². The van der Waals surface area contributed by atoms with Crippen LogP contribution in [0.1, 0.15) is 75.8 Å². The molecule has 2 N–H and O–H groups in total. The number of fused-ring (bicyclic) bond motifs is 3. The third-order valence-corrected chi connectivity index (χ3v) is 9.24. The predicted molar refractivity (Wildman–Crippen MR) is 133 cm³/mol. The Bertz CT molecular complexity index is 1180. The second kappa shape index (κ2) is 8.61. The maximum absolute atomic E-state index is 13.1. The SMILES string of the molecule is CCC(C)(C)[C@H]1CCc2c(sc3c2C(=O)N[C@H](c2ccc(OC(=O)c4cccs4)cc2)N3)C1. The summed E-state index contributed by atoms with van der Waals surface area (Å²) in [6, 6.07) is 10.9. The fraction of sp³-hybridized carbons (Fsp3) is 0.385. The molecule has 1 amide bonds. The van der Waals surface area contributed by atoms with Gasteiger partial charge in [0.2, 0.25) is 0 Å². The van der Waals surface area contributed by atoms with Crippen molar-refractivity contribution < 1.29 is 14.3 Å². The molecule has 0 saturated carbocycles. The van der Waals surface area contributed by atoms with E-state index in [4.69, 9.17) is 4.74 Å². The number of hydrogen-bond donors (Lipinski definition) is 2. The Morgan fingerprint density at radius 3 is 2.67 bits per heavy atom. The Kier molecular flexibility index (Phi) is 5.79. The Balaban J connectivity index is 1.32. The summed E-state index contributed by atoms with van der Waals surface area (Å²) >= 11 is 3.09. The smallest absolute Gasteiger partial charge is 0.353 e. The van der Waals surface area contributed by atoms with E-state index >= 15 is 0 Å². The van der Waals surface area contributed by atoms with Crippen molar-refractivity contribution in [3.63, 3.8) is 0 Å². The lowest BCUT2D eigenvalue weighted by Gasteiger charge is -2.36. The molecule has 0 unspecified atom stereocenters. The first-order chi connectivity index (χ1) is 15.9. The van der Waals surface area contributed by atoms with Gasteiger partial charge < -0.3 is 15.4 Å². The first kappa shape index (κ1) is 22.2. The molecule has 0 saturated heterocycles. The number of esters is 1. The minimum absolute atomic E-state index is 0.00680. The highest BCUT2D eigenvalue weighted by Gasteiger charge is 2.37. The second-order valence-electron chi connectivity index (χ2n) is 9.48. The van der Waals surface area contributed by atoms with Gasteiger partial charge in [0.05, 0.1) is 5.56 Å². The summed E-state index contributed by atoms with van der Waals surface area (Å²) in [6.45, 7) is 6.99. The van der Waals surface area contributed by atoms with Gasteiger partial charge in [-0.15, -0.1) is 22.7 Å². The van der Waals surface area contributed by atoms with Crippen LogP contribution in [0.5, 0.6) is 5.75 Å². The van der Waals surface area contributed by atoms with Gasteiger partial charge in [-0.2, -0.15) is 0 Å². The van der Waals surface area contributed by atoms with Gasteiger partial charge in [-0.3, -0.25) is 4.79 Å². The van der Waals surface area contributed by atoms with Gasteiger partial charge in [-0.1, -0.05) is 45.4 Å². The van der Waals surface area contributed by atoms with Crippen LogP contribution in [0.4, 0.5) is 5.00 Å². The number of nitrogens with one attached hydrogen (secondary N) is 2. The van der Waals surface area contributed by atoms with Crippen molar-refractivity contribution in [1.82, 2.24) is 5.32 Å². The van der Waals surface area contributed by atoms with E-state index in [1.807, 2.05) is 23.6 Å². The zero-order chi connectivity index (χ0) is 23.2.